The summed E-state index contributed by atoms with van der Waals surface area (Å²) < 4.78 is 5.63. The van der Waals surface area contributed by atoms with Crippen LogP contribution < -0.4 is 4.74 Å². The Kier molecular flexibility index (Phi) is 3.33. The molecule has 2 aromatic rings. The van der Waals surface area contributed by atoms with Crippen LogP contribution in [0.3, 0.4) is 0 Å². The van der Waals surface area contributed by atoms with Gasteiger partial charge < -0.3 is 9.84 Å². The molecule has 0 amide bonds. The Morgan fingerprint density at radius 3 is 2.35 bits per heavy atom. The smallest absolute Gasteiger partial charge is 0.119 e. The number of hydrogen-bond acceptors (Lipinski definition) is 2. The van der Waals surface area contributed by atoms with Crippen LogP contribution in [-0.2, 0) is 6.61 Å². The average molecular weight is 228 g/mol. The van der Waals surface area contributed by atoms with E-state index in [1.54, 1.807) is 6.07 Å². The minimum Gasteiger partial charge on any atom is -0.508 e. The second-order valence-electron chi connectivity index (χ2n) is 4.22. The maximum absolute atomic E-state index is 9.58. The van der Waals surface area contributed by atoms with Crippen molar-refractivity contribution in [3.8, 4) is 11.5 Å². The zero-order chi connectivity index (χ0) is 12.3. The summed E-state index contributed by atoms with van der Waals surface area (Å²) in [6.07, 6.45) is 0. The molecule has 88 valence electrons. The molecule has 0 saturated heterocycles. The number of benzene rings is 2. The Balaban J connectivity index is 2.02. The molecule has 0 atom stereocenters. The molecule has 2 nitrogen and oxygen atoms in total. The van der Waals surface area contributed by atoms with Crippen LogP contribution in [0.5, 0.6) is 11.5 Å². The Morgan fingerprint density at radius 1 is 1.00 bits per heavy atom. The monoisotopic (exact) mass is 228 g/mol. The van der Waals surface area contributed by atoms with Crippen molar-refractivity contribution in [2.75, 3.05) is 0 Å². The summed E-state index contributed by atoms with van der Waals surface area (Å²) in [6.45, 7) is 4.39. The van der Waals surface area contributed by atoms with Gasteiger partial charge in [-0.3, -0.25) is 0 Å². The first-order valence-corrected chi connectivity index (χ1v) is 5.63. The lowest BCUT2D eigenvalue weighted by Gasteiger charge is -2.07. The first-order valence-electron chi connectivity index (χ1n) is 5.63. The fourth-order valence-electron chi connectivity index (χ4n) is 1.55. The molecule has 0 aromatic heterocycles. The highest BCUT2D eigenvalue weighted by molar-refractivity contribution is 5.35. The minimum atomic E-state index is 0.315. The lowest BCUT2D eigenvalue weighted by Crippen LogP contribution is -1.95. The quantitative estimate of drug-likeness (QED) is 0.870. The Bertz CT molecular complexity index is 501. The predicted molar refractivity (Wildman–Crippen MR) is 68.4 cm³/mol. The van der Waals surface area contributed by atoms with E-state index < -0.39 is 0 Å². The summed E-state index contributed by atoms with van der Waals surface area (Å²) in [6, 6.07) is 13.5. The molecule has 2 aromatic carbocycles. The molecule has 17 heavy (non-hydrogen) atoms. The number of phenols is 1. The van der Waals surface area contributed by atoms with Crippen molar-refractivity contribution in [1.82, 2.24) is 0 Å². The molecular formula is C15H16O2. The molecule has 2 rings (SSSR count). The van der Waals surface area contributed by atoms with Crippen LogP contribution >= 0.6 is 0 Å². The van der Waals surface area contributed by atoms with Gasteiger partial charge in [-0.25, -0.2) is 0 Å². The fourth-order valence-corrected chi connectivity index (χ4v) is 1.55. The van der Waals surface area contributed by atoms with Crippen LogP contribution in [0.4, 0.5) is 0 Å². The van der Waals surface area contributed by atoms with Crippen molar-refractivity contribution >= 4 is 0 Å². The number of rotatable bonds is 3. The fraction of sp³-hybridized carbons (Fsp3) is 0.200. The lowest BCUT2D eigenvalue weighted by molar-refractivity contribution is 0.305. The van der Waals surface area contributed by atoms with Crippen molar-refractivity contribution in [1.29, 1.82) is 0 Å². The van der Waals surface area contributed by atoms with E-state index in [2.05, 4.69) is 0 Å². The third-order valence-corrected chi connectivity index (χ3v) is 2.70. The van der Waals surface area contributed by atoms with E-state index in [4.69, 9.17) is 4.74 Å². The molecular weight excluding hydrogens is 212 g/mol. The van der Waals surface area contributed by atoms with Crippen LogP contribution in [0.1, 0.15) is 16.7 Å². The maximum atomic E-state index is 9.58. The van der Waals surface area contributed by atoms with Gasteiger partial charge in [0.15, 0.2) is 0 Å². The Hall–Kier alpha value is -1.96. The van der Waals surface area contributed by atoms with Gasteiger partial charge in [0.05, 0.1) is 0 Å². The van der Waals surface area contributed by atoms with Crippen LogP contribution in [-0.4, -0.2) is 5.11 Å². The number of hydrogen-bond donors (Lipinski definition) is 1. The molecule has 0 radical (unpaired) electrons. The van der Waals surface area contributed by atoms with Gasteiger partial charge in [0.1, 0.15) is 18.1 Å². The van der Waals surface area contributed by atoms with Crippen molar-refractivity contribution in [2.45, 2.75) is 20.5 Å². The minimum absolute atomic E-state index is 0.315. The molecule has 0 heterocycles. The molecule has 0 aliphatic rings. The molecule has 0 saturated carbocycles. The van der Waals surface area contributed by atoms with Gasteiger partial charge in [-0.2, -0.15) is 0 Å². The van der Waals surface area contributed by atoms with E-state index in [0.717, 1.165) is 16.9 Å². The highest BCUT2D eigenvalue weighted by Gasteiger charge is 1.99. The van der Waals surface area contributed by atoms with Gasteiger partial charge in [-0.15, -0.1) is 0 Å². The van der Waals surface area contributed by atoms with Gasteiger partial charge in [0, 0.05) is 0 Å². The summed E-state index contributed by atoms with van der Waals surface area (Å²) >= 11 is 0. The van der Waals surface area contributed by atoms with E-state index in [-0.39, 0.29) is 0 Å². The Morgan fingerprint density at radius 2 is 1.71 bits per heavy atom. The Labute approximate surface area is 101 Å². The molecule has 2 heteroatoms. The molecule has 0 aliphatic heterocycles. The van der Waals surface area contributed by atoms with Crippen molar-refractivity contribution in [2.24, 2.45) is 0 Å². The molecule has 1 N–H and O–H groups in total. The van der Waals surface area contributed by atoms with Gasteiger partial charge >= 0.3 is 0 Å². The number of aromatic hydroxyl groups is 1. The van der Waals surface area contributed by atoms with E-state index in [0.29, 0.717) is 12.4 Å². The summed E-state index contributed by atoms with van der Waals surface area (Å²) in [7, 11) is 0. The summed E-state index contributed by atoms with van der Waals surface area (Å²) in [5.41, 5.74) is 3.06. The molecule has 0 unspecified atom stereocenters. The normalized spacial score (nSPS) is 10.2. The second kappa shape index (κ2) is 4.91. The zero-order valence-corrected chi connectivity index (χ0v) is 10.1. The standard InChI is InChI=1S/C15H16O2/c1-11-3-7-14(8-4-11)17-10-13-6-5-12(2)15(16)9-13/h3-9,16H,10H2,1-2H3. The summed E-state index contributed by atoms with van der Waals surface area (Å²) in [5.74, 6) is 1.16. The van der Waals surface area contributed by atoms with E-state index >= 15 is 0 Å². The molecule has 0 aliphatic carbocycles. The topological polar surface area (TPSA) is 29.5 Å². The van der Waals surface area contributed by atoms with E-state index in [1.807, 2.05) is 50.2 Å². The first kappa shape index (κ1) is 11.5. The van der Waals surface area contributed by atoms with Crippen LogP contribution in [0.15, 0.2) is 42.5 Å². The lowest BCUT2D eigenvalue weighted by atomic mass is 10.1. The highest BCUT2D eigenvalue weighted by atomic mass is 16.5. The van der Waals surface area contributed by atoms with Crippen LogP contribution in [0.2, 0.25) is 0 Å². The molecule has 0 fully saturated rings. The zero-order valence-electron chi connectivity index (χ0n) is 10.1. The second-order valence-corrected chi connectivity index (χ2v) is 4.22. The van der Waals surface area contributed by atoms with Gasteiger partial charge in [0.2, 0.25) is 0 Å². The summed E-state index contributed by atoms with van der Waals surface area (Å²) in [5, 5.41) is 9.58. The maximum Gasteiger partial charge on any atom is 0.119 e. The number of aryl methyl sites for hydroxylation is 2. The van der Waals surface area contributed by atoms with Crippen LogP contribution in [0, 0.1) is 13.8 Å². The average Bonchev–Trinajstić information content (AvgIpc) is 2.33. The predicted octanol–water partition coefficient (Wildman–Crippen LogP) is 3.59. The van der Waals surface area contributed by atoms with E-state index in [9.17, 15) is 5.11 Å². The SMILES string of the molecule is Cc1ccc(OCc2ccc(C)c(O)c2)cc1. The van der Waals surface area contributed by atoms with Gasteiger partial charge in [-0.1, -0.05) is 29.8 Å². The van der Waals surface area contributed by atoms with Crippen LogP contribution in [0.25, 0.3) is 0 Å². The van der Waals surface area contributed by atoms with E-state index in [1.165, 1.54) is 5.56 Å². The molecule has 0 spiro atoms. The van der Waals surface area contributed by atoms with Crippen molar-refractivity contribution in [3.05, 3.63) is 59.2 Å². The van der Waals surface area contributed by atoms with Gasteiger partial charge in [-0.05, 0) is 43.2 Å². The summed E-state index contributed by atoms with van der Waals surface area (Å²) in [4.78, 5) is 0. The van der Waals surface area contributed by atoms with Crippen molar-refractivity contribution in [3.63, 3.8) is 0 Å². The highest BCUT2D eigenvalue weighted by Crippen LogP contribution is 2.19. The third-order valence-electron chi connectivity index (χ3n) is 2.70. The third kappa shape index (κ3) is 3.00. The largest absolute Gasteiger partial charge is 0.508 e. The molecule has 0 bridgehead atoms. The number of ether oxygens (including phenoxy) is 1. The van der Waals surface area contributed by atoms with Gasteiger partial charge in [0.25, 0.3) is 0 Å². The van der Waals surface area contributed by atoms with Crippen molar-refractivity contribution < 1.29 is 9.84 Å². The first-order chi connectivity index (χ1) is 8.15. The number of phenolic OH excluding ortho intramolecular Hbond substituents is 1.